The first-order chi connectivity index (χ1) is 14.7. The number of aliphatic imine (C=N–C) groups is 1. The third-order valence-electron chi connectivity index (χ3n) is 6.63. The van der Waals surface area contributed by atoms with Gasteiger partial charge in [-0.05, 0) is 77.0 Å². The topological polar surface area (TPSA) is 135 Å². The summed E-state index contributed by atoms with van der Waals surface area (Å²) in [6, 6.07) is 1.95. The Hall–Kier alpha value is -2.39. The summed E-state index contributed by atoms with van der Waals surface area (Å²) in [5, 5.41) is 14.4. The first-order valence-corrected chi connectivity index (χ1v) is 11.1. The molecule has 1 aromatic rings. The Morgan fingerprint density at radius 2 is 2.00 bits per heavy atom. The average Bonchev–Trinajstić information content (AvgIpc) is 2.62. The van der Waals surface area contributed by atoms with Gasteiger partial charge < -0.3 is 31.5 Å². The Labute approximate surface area is 184 Å². The molecule has 6 N–H and O–H groups in total. The molecule has 2 atom stereocenters. The van der Waals surface area contributed by atoms with Gasteiger partial charge in [0.2, 0.25) is 11.8 Å². The molecule has 2 unspecified atom stereocenters. The number of allylic oxidation sites excluding steroid dienone is 1. The lowest BCUT2D eigenvalue weighted by Crippen LogP contribution is -2.59. The fourth-order valence-corrected chi connectivity index (χ4v) is 5.71. The first kappa shape index (κ1) is 21.8. The van der Waals surface area contributed by atoms with Gasteiger partial charge in [0.1, 0.15) is 12.4 Å². The fourth-order valence-electron chi connectivity index (χ4n) is 5.71. The lowest BCUT2D eigenvalue weighted by Gasteiger charge is -2.58. The second kappa shape index (κ2) is 8.63. The van der Waals surface area contributed by atoms with E-state index in [9.17, 15) is 5.11 Å². The van der Waals surface area contributed by atoms with Crippen LogP contribution in [0.25, 0.3) is 0 Å². The van der Waals surface area contributed by atoms with Crippen LogP contribution in [0.1, 0.15) is 39.0 Å². The van der Waals surface area contributed by atoms with Crippen LogP contribution in [0.15, 0.2) is 22.8 Å². The molecule has 4 fully saturated rings. The Balaban J connectivity index is 1.55. The molecule has 9 heteroatoms. The molecule has 1 heterocycles. The van der Waals surface area contributed by atoms with Gasteiger partial charge in [0.25, 0.3) is 0 Å². The maximum Gasteiger partial charge on any atom is 0.228 e. The van der Waals surface area contributed by atoms with E-state index < -0.39 is 5.60 Å². The van der Waals surface area contributed by atoms with E-state index in [1.807, 2.05) is 19.0 Å². The summed E-state index contributed by atoms with van der Waals surface area (Å²) in [7, 11) is 3.99. The summed E-state index contributed by atoms with van der Waals surface area (Å²) in [6.45, 7) is 3.04. The third kappa shape index (κ3) is 5.27. The van der Waals surface area contributed by atoms with E-state index >= 15 is 0 Å². The van der Waals surface area contributed by atoms with E-state index in [0.29, 0.717) is 47.7 Å². The van der Waals surface area contributed by atoms with Crippen LogP contribution in [0, 0.1) is 17.8 Å². The number of amidine groups is 1. The highest BCUT2D eigenvalue weighted by atomic mass is 16.5. The monoisotopic (exact) mass is 429 g/mol. The molecule has 4 saturated carbocycles. The standard InChI is InChI=1S/C22H35N7O2/c1-13(23)6-17(24)25-18-9-19(31-5-4-29(2)3)27-21(26-18)28-20-15-7-14-8-16(20)12-22(30,10-14)11-15/h6,9,14-16,20,30H,4-5,7-8,10-12,23H2,1-3H3,(H3,24,25,26,27,28)/b13-6-. The van der Waals surface area contributed by atoms with Gasteiger partial charge in [0.05, 0.1) is 5.60 Å². The van der Waals surface area contributed by atoms with Crippen LogP contribution in [-0.4, -0.2) is 64.7 Å². The molecule has 0 amide bonds. The van der Waals surface area contributed by atoms with Gasteiger partial charge in [-0.3, -0.25) is 0 Å². The molecule has 4 aliphatic carbocycles. The van der Waals surface area contributed by atoms with Crippen molar-refractivity contribution in [3.05, 3.63) is 17.8 Å². The number of aliphatic hydroxyl groups is 1. The summed E-state index contributed by atoms with van der Waals surface area (Å²) >= 11 is 0. The van der Waals surface area contributed by atoms with Crippen LogP contribution < -0.4 is 21.5 Å². The fraction of sp³-hybridized carbons (Fsp3) is 0.682. The first-order valence-electron chi connectivity index (χ1n) is 11.1. The number of aromatic nitrogens is 2. The smallest absolute Gasteiger partial charge is 0.228 e. The predicted molar refractivity (Wildman–Crippen MR) is 121 cm³/mol. The Bertz CT molecular complexity index is 849. The van der Waals surface area contributed by atoms with E-state index in [-0.39, 0.29) is 11.9 Å². The second-order valence-electron chi connectivity index (χ2n) is 9.83. The van der Waals surface area contributed by atoms with Gasteiger partial charge in [-0.1, -0.05) is 0 Å². The zero-order valence-electron chi connectivity index (χ0n) is 18.7. The molecule has 1 aromatic heterocycles. The second-order valence-corrected chi connectivity index (χ2v) is 9.83. The van der Waals surface area contributed by atoms with Crippen LogP contribution in [0.2, 0.25) is 0 Å². The van der Waals surface area contributed by atoms with Gasteiger partial charge in [0.15, 0.2) is 5.82 Å². The Morgan fingerprint density at radius 3 is 2.61 bits per heavy atom. The number of nitrogens with two attached hydrogens (primary N) is 2. The van der Waals surface area contributed by atoms with Crippen LogP contribution in [-0.2, 0) is 0 Å². The molecule has 4 aliphatic rings. The van der Waals surface area contributed by atoms with Gasteiger partial charge in [-0.25, -0.2) is 4.99 Å². The quantitative estimate of drug-likeness (QED) is 0.362. The minimum absolute atomic E-state index is 0.259. The van der Waals surface area contributed by atoms with Crippen molar-refractivity contribution in [3.8, 4) is 5.88 Å². The maximum atomic E-state index is 10.9. The normalized spacial score (nSPS) is 32.5. The highest BCUT2D eigenvalue weighted by Crippen LogP contribution is 2.56. The molecule has 0 saturated heterocycles. The number of hydrogen-bond acceptors (Lipinski definition) is 8. The zero-order chi connectivity index (χ0) is 22.2. The minimum Gasteiger partial charge on any atom is -0.476 e. The summed E-state index contributed by atoms with van der Waals surface area (Å²) < 4.78 is 5.86. The van der Waals surface area contributed by atoms with E-state index in [0.717, 1.165) is 38.6 Å². The van der Waals surface area contributed by atoms with Gasteiger partial charge in [0, 0.05) is 24.4 Å². The highest BCUT2D eigenvalue weighted by molar-refractivity contribution is 5.93. The van der Waals surface area contributed by atoms with Crippen LogP contribution in [0.5, 0.6) is 5.88 Å². The highest BCUT2D eigenvalue weighted by Gasteiger charge is 2.54. The van der Waals surface area contributed by atoms with Crippen LogP contribution in [0.4, 0.5) is 11.8 Å². The number of rotatable bonds is 8. The predicted octanol–water partition coefficient (Wildman–Crippen LogP) is 1.62. The lowest BCUT2D eigenvalue weighted by molar-refractivity contribution is -0.129. The number of ether oxygens (including phenoxy) is 1. The van der Waals surface area contributed by atoms with E-state index in [2.05, 4.69) is 20.3 Å². The zero-order valence-corrected chi connectivity index (χ0v) is 18.7. The molecule has 0 aliphatic heterocycles. The minimum atomic E-state index is -0.469. The van der Waals surface area contributed by atoms with Crippen LogP contribution >= 0.6 is 0 Å². The Kier molecular flexibility index (Phi) is 6.07. The molecular weight excluding hydrogens is 394 g/mol. The molecule has 9 nitrogen and oxygen atoms in total. The van der Waals surface area contributed by atoms with Crippen molar-refractivity contribution in [2.45, 2.75) is 50.7 Å². The largest absolute Gasteiger partial charge is 0.476 e. The molecular formula is C22H35N7O2. The number of nitrogens with one attached hydrogen (secondary N) is 1. The van der Waals surface area contributed by atoms with Crippen LogP contribution in [0.3, 0.4) is 0 Å². The summed E-state index contributed by atoms with van der Waals surface area (Å²) in [5.74, 6) is 3.19. The number of likely N-dealkylation sites (N-methyl/N-ethyl adjacent to an activating group) is 1. The molecule has 170 valence electrons. The van der Waals surface area contributed by atoms with E-state index in [1.54, 1.807) is 19.1 Å². The van der Waals surface area contributed by atoms with Crippen molar-refractivity contribution in [2.75, 3.05) is 32.6 Å². The van der Waals surface area contributed by atoms with Crippen molar-refractivity contribution >= 4 is 17.6 Å². The number of hydrogen-bond donors (Lipinski definition) is 4. The maximum absolute atomic E-state index is 10.9. The van der Waals surface area contributed by atoms with Gasteiger partial charge >= 0.3 is 0 Å². The molecule has 0 radical (unpaired) electrons. The number of nitrogens with zero attached hydrogens (tertiary/aromatic N) is 4. The molecule has 0 spiro atoms. The number of anilines is 1. The van der Waals surface area contributed by atoms with Crippen molar-refractivity contribution in [1.29, 1.82) is 0 Å². The molecule has 0 aromatic carbocycles. The van der Waals surface area contributed by atoms with Crippen molar-refractivity contribution in [2.24, 2.45) is 34.2 Å². The average molecular weight is 430 g/mol. The van der Waals surface area contributed by atoms with Crippen molar-refractivity contribution in [1.82, 2.24) is 14.9 Å². The van der Waals surface area contributed by atoms with Gasteiger partial charge in [-0.2, -0.15) is 9.97 Å². The lowest BCUT2D eigenvalue weighted by atomic mass is 9.52. The molecule has 5 rings (SSSR count). The van der Waals surface area contributed by atoms with E-state index in [1.165, 1.54) is 0 Å². The molecule has 4 bridgehead atoms. The van der Waals surface area contributed by atoms with Gasteiger partial charge in [-0.15, -0.1) is 0 Å². The summed E-state index contributed by atoms with van der Waals surface area (Å²) in [6.07, 6.45) is 6.59. The Morgan fingerprint density at radius 1 is 1.29 bits per heavy atom. The summed E-state index contributed by atoms with van der Waals surface area (Å²) in [4.78, 5) is 15.6. The van der Waals surface area contributed by atoms with Crippen molar-refractivity contribution in [3.63, 3.8) is 0 Å². The molecule has 31 heavy (non-hydrogen) atoms. The SMILES string of the molecule is C/C(N)=C/C(N)=Nc1cc(OCCN(C)C)nc(NC2C3CC4CC2CC(O)(C4)C3)n1. The summed E-state index contributed by atoms with van der Waals surface area (Å²) in [5.41, 5.74) is 11.8. The van der Waals surface area contributed by atoms with Crippen molar-refractivity contribution < 1.29 is 9.84 Å². The van der Waals surface area contributed by atoms with E-state index in [4.69, 9.17) is 16.2 Å². The third-order valence-corrected chi connectivity index (χ3v) is 6.63.